The van der Waals surface area contributed by atoms with E-state index in [2.05, 4.69) is 28.8 Å². The van der Waals surface area contributed by atoms with Crippen molar-refractivity contribution in [3.05, 3.63) is 57.6 Å². The summed E-state index contributed by atoms with van der Waals surface area (Å²) in [5.74, 6) is -0.0953. The monoisotopic (exact) mass is 336 g/mol. The van der Waals surface area contributed by atoms with Gasteiger partial charge in [0.1, 0.15) is 0 Å². The molecule has 0 radical (unpaired) electrons. The molecule has 2 N–H and O–H groups in total. The Balaban J connectivity index is 1.86. The fraction of sp³-hybridized carbons (Fsp3) is 0.235. The summed E-state index contributed by atoms with van der Waals surface area (Å²) >= 11 is 11.9. The maximum atomic E-state index is 11.9. The maximum Gasteiger partial charge on any atom is 0.226 e. The zero-order valence-electron chi connectivity index (χ0n) is 12.5. The molecule has 0 saturated heterocycles. The number of hydrogen-bond donors (Lipinski definition) is 2. The Bertz CT molecular complexity index is 686. The molecular weight excluding hydrogens is 319 g/mol. The molecule has 0 bridgehead atoms. The van der Waals surface area contributed by atoms with Gasteiger partial charge in [0.25, 0.3) is 0 Å². The fourth-order valence-electron chi connectivity index (χ4n) is 2.04. The first kappa shape index (κ1) is 16.7. The van der Waals surface area contributed by atoms with E-state index in [-0.39, 0.29) is 5.91 Å². The first-order valence-electron chi connectivity index (χ1n) is 7.02. The van der Waals surface area contributed by atoms with Gasteiger partial charge in [0.15, 0.2) is 0 Å². The summed E-state index contributed by atoms with van der Waals surface area (Å²) in [6, 6.07) is 11.2. The van der Waals surface area contributed by atoms with Crippen molar-refractivity contribution in [2.45, 2.75) is 20.3 Å². The van der Waals surface area contributed by atoms with Gasteiger partial charge in [0.2, 0.25) is 5.91 Å². The molecule has 0 heterocycles. The summed E-state index contributed by atoms with van der Waals surface area (Å²) < 4.78 is 0. The molecule has 0 unspecified atom stereocenters. The molecule has 0 atom stereocenters. The average Bonchev–Trinajstić information content (AvgIpc) is 2.46. The molecule has 0 saturated carbocycles. The smallest absolute Gasteiger partial charge is 0.226 e. The van der Waals surface area contributed by atoms with Gasteiger partial charge in [0.05, 0.1) is 10.7 Å². The number of carbonyl (C=O) groups is 1. The number of amides is 1. The standard InChI is InChI=1S/C17H18Cl2N2O/c1-11-3-4-12(2)16(9-11)20-8-7-17(22)21-15-6-5-13(18)10-14(15)19/h3-6,9-10,20H,7-8H2,1-2H3,(H,21,22). The van der Waals surface area contributed by atoms with Crippen LogP contribution in [0.2, 0.25) is 10.0 Å². The third-order valence-corrected chi connectivity index (χ3v) is 3.81. The minimum Gasteiger partial charge on any atom is -0.384 e. The summed E-state index contributed by atoms with van der Waals surface area (Å²) in [6.45, 7) is 4.64. The van der Waals surface area contributed by atoms with Gasteiger partial charge in [-0.1, -0.05) is 35.3 Å². The van der Waals surface area contributed by atoms with Crippen molar-refractivity contribution in [2.75, 3.05) is 17.2 Å². The van der Waals surface area contributed by atoms with Crippen LogP contribution in [0.4, 0.5) is 11.4 Å². The van der Waals surface area contributed by atoms with Gasteiger partial charge in [-0.2, -0.15) is 0 Å². The molecule has 0 aliphatic rings. The maximum absolute atomic E-state index is 11.9. The van der Waals surface area contributed by atoms with E-state index in [0.29, 0.717) is 28.7 Å². The highest BCUT2D eigenvalue weighted by Gasteiger charge is 2.06. The van der Waals surface area contributed by atoms with Gasteiger partial charge in [-0.3, -0.25) is 4.79 Å². The van der Waals surface area contributed by atoms with Crippen LogP contribution in [0, 0.1) is 13.8 Å². The van der Waals surface area contributed by atoms with Crippen LogP contribution in [0.1, 0.15) is 17.5 Å². The van der Waals surface area contributed by atoms with Crippen molar-refractivity contribution >= 4 is 40.5 Å². The van der Waals surface area contributed by atoms with Gasteiger partial charge < -0.3 is 10.6 Å². The predicted octanol–water partition coefficient (Wildman–Crippen LogP) is 5.05. The zero-order valence-corrected chi connectivity index (χ0v) is 14.1. The number of hydrogen-bond acceptors (Lipinski definition) is 2. The van der Waals surface area contributed by atoms with E-state index in [1.807, 2.05) is 13.8 Å². The van der Waals surface area contributed by atoms with Crippen molar-refractivity contribution in [1.82, 2.24) is 0 Å². The van der Waals surface area contributed by atoms with Crippen molar-refractivity contribution in [1.29, 1.82) is 0 Å². The Hall–Kier alpha value is -1.71. The van der Waals surface area contributed by atoms with Gasteiger partial charge in [0, 0.05) is 23.7 Å². The third-order valence-electron chi connectivity index (χ3n) is 3.27. The number of anilines is 2. The molecule has 2 aromatic carbocycles. The molecule has 2 aromatic rings. The summed E-state index contributed by atoms with van der Waals surface area (Å²) in [4.78, 5) is 11.9. The largest absolute Gasteiger partial charge is 0.384 e. The normalized spacial score (nSPS) is 10.4. The molecule has 3 nitrogen and oxygen atoms in total. The molecular formula is C17H18Cl2N2O. The molecule has 1 amide bonds. The van der Waals surface area contributed by atoms with Crippen LogP contribution >= 0.6 is 23.2 Å². The van der Waals surface area contributed by atoms with Crippen molar-refractivity contribution in [2.24, 2.45) is 0 Å². The first-order chi connectivity index (χ1) is 10.5. The molecule has 2 rings (SSSR count). The minimum absolute atomic E-state index is 0.0953. The second-order valence-electron chi connectivity index (χ2n) is 5.17. The van der Waals surface area contributed by atoms with Crippen LogP contribution in [0.25, 0.3) is 0 Å². The van der Waals surface area contributed by atoms with E-state index in [9.17, 15) is 4.79 Å². The second kappa shape index (κ2) is 7.52. The minimum atomic E-state index is -0.0953. The first-order valence-corrected chi connectivity index (χ1v) is 7.77. The van der Waals surface area contributed by atoms with Gasteiger partial charge in [-0.25, -0.2) is 0 Å². The quantitative estimate of drug-likeness (QED) is 0.801. The van der Waals surface area contributed by atoms with Crippen LogP contribution in [0.5, 0.6) is 0 Å². The number of nitrogens with one attached hydrogen (secondary N) is 2. The van der Waals surface area contributed by atoms with E-state index in [0.717, 1.165) is 11.3 Å². The SMILES string of the molecule is Cc1ccc(C)c(NCCC(=O)Nc2ccc(Cl)cc2Cl)c1. The Morgan fingerprint density at radius 1 is 1.05 bits per heavy atom. The lowest BCUT2D eigenvalue weighted by atomic mass is 10.1. The highest BCUT2D eigenvalue weighted by atomic mass is 35.5. The van der Waals surface area contributed by atoms with Gasteiger partial charge >= 0.3 is 0 Å². The molecule has 5 heteroatoms. The lowest BCUT2D eigenvalue weighted by Crippen LogP contribution is -2.16. The van der Waals surface area contributed by atoms with Crippen LogP contribution in [-0.2, 0) is 4.79 Å². The molecule has 0 aromatic heterocycles. The van der Waals surface area contributed by atoms with Crippen LogP contribution in [-0.4, -0.2) is 12.5 Å². The molecule has 116 valence electrons. The van der Waals surface area contributed by atoms with Crippen molar-refractivity contribution in [3.63, 3.8) is 0 Å². The molecule has 0 spiro atoms. The Morgan fingerprint density at radius 2 is 1.82 bits per heavy atom. The van der Waals surface area contributed by atoms with Crippen LogP contribution in [0.3, 0.4) is 0 Å². The third kappa shape index (κ3) is 4.65. The molecule has 0 aliphatic carbocycles. The Kier molecular flexibility index (Phi) is 5.69. The Labute approximate surface area is 140 Å². The zero-order chi connectivity index (χ0) is 16.1. The second-order valence-corrected chi connectivity index (χ2v) is 6.01. The number of halogens is 2. The Morgan fingerprint density at radius 3 is 2.55 bits per heavy atom. The molecule has 22 heavy (non-hydrogen) atoms. The lowest BCUT2D eigenvalue weighted by molar-refractivity contribution is -0.115. The van der Waals surface area contributed by atoms with Gasteiger partial charge in [-0.15, -0.1) is 0 Å². The fourth-order valence-corrected chi connectivity index (χ4v) is 2.50. The van der Waals surface area contributed by atoms with Gasteiger partial charge in [-0.05, 0) is 49.2 Å². The summed E-state index contributed by atoms with van der Waals surface area (Å²) in [5.41, 5.74) is 3.97. The molecule has 0 aliphatic heterocycles. The van der Waals surface area contributed by atoms with E-state index >= 15 is 0 Å². The lowest BCUT2D eigenvalue weighted by Gasteiger charge is -2.11. The van der Waals surface area contributed by atoms with E-state index in [1.54, 1.807) is 18.2 Å². The van der Waals surface area contributed by atoms with E-state index in [4.69, 9.17) is 23.2 Å². The summed E-state index contributed by atoms with van der Waals surface area (Å²) in [7, 11) is 0. The number of carbonyl (C=O) groups excluding carboxylic acids is 1. The predicted molar refractivity (Wildman–Crippen MR) is 94.1 cm³/mol. The number of benzene rings is 2. The topological polar surface area (TPSA) is 41.1 Å². The summed E-state index contributed by atoms with van der Waals surface area (Å²) in [6.07, 6.45) is 0.354. The average molecular weight is 337 g/mol. The summed E-state index contributed by atoms with van der Waals surface area (Å²) in [5, 5.41) is 7.03. The number of aryl methyl sites for hydroxylation is 2. The highest BCUT2D eigenvalue weighted by molar-refractivity contribution is 6.36. The van der Waals surface area contributed by atoms with Crippen molar-refractivity contribution < 1.29 is 4.79 Å². The van der Waals surface area contributed by atoms with Crippen molar-refractivity contribution in [3.8, 4) is 0 Å². The van der Waals surface area contributed by atoms with E-state index in [1.165, 1.54) is 5.56 Å². The highest BCUT2D eigenvalue weighted by Crippen LogP contribution is 2.25. The number of rotatable bonds is 5. The molecule has 0 fully saturated rings. The van der Waals surface area contributed by atoms with Crippen LogP contribution < -0.4 is 10.6 Å². The van der Waals surface area contributed by atoms with E-state index < -0.39 is 0 Å². The van der Waals surface area contributed by atoms with Crippen LogP contribution in [0.15, 0.2) is 36.4 Å².